The molecule has 1 saturated heterocycles. The summed E-state index contributed by atoms with van der Waals surface area (Å²) in [6.07, 6.45) is -6.38. The molecule has 16 heteroatoms. The van der Waals surface area contributed by atoms with E-state index in [2.05, 4.69) is 15.0 Å². The Morgan fingerprint density at radius 1 is 1.24 bits per heavy atom. The number of amides is 1. The summed E-state index contributed by atoms with van der Waals surface area (Å²) in [6.45, 7) is 1.57. The molecular weight excluding hydrogens is 500 g/mol. The normalized spacial score (nSPS) is 21.7. The number of hydrogen-bond donors (Lipinski definition) is 4. The Kier molecular flexibility index (Phi) is 11.5. The van der Waals surface area contributed by atoms with E-state index in [9.17, 15) is 34.2 Å². The highest BCUT2D eigenvalue weighted by molar-refractivity contribution is 5.90. The van der Waals surface area contributed by atoms with E-state index in [0.717, 1.165) is 11.5 Å². The van der Waals surface area contributed by atoms with Crippen molar-refractivity contribution < 1.29 is 53.1 Å². The van der Waals surface area contributed by atoms with Crippen molar-refractivity contribution in [1.82, 2.24) is 14.9 Å². The van der Waals surface area contributed by atoms with E-state index in [1.807, 2.05) is 0 Å². The van der Waals surface area contributed by atoms with Crippen molar-refractivity contribution in [3.63, 3.8) is 0 Å². The van der Waals surface area contributed by atoms with Crippen molar-refractivity contribution >= 4 is 29.6 Å². The molecule has 1 aromatic rings. The van der Waals surface area contributed by atoms with E-state index in [1.54, 1.807) is 0 Å². The molecule has 0 aliphatic carbocycles. The predicted octanol–water partition coefficient (Wildman–Crippen LogP) is -2.36. The Balaban J connectivity index is 1.78. The van der Waals surface area contributed by atoms with E-state index in [-0.39, 0.29) is 44.4 Å². The SMILES string of the molecule is CC(=O)CC(OCCOCCNC(=O)O[C@@H]1[C@H](O)[C@@H](CO)O[C@H]1n1ccc(N)nc1=O)C(=O)OC(C)=O. The van der Waals surface area contributed by atoms with Crippen LogP contribution in [0.25, 0.3) is 0 Å². The molecule has 206 valence electrons. The standard InChI is InChI=1S/C21H30N4O12/c1-11(27)9-13(19(30)35-12(2)28)34-8-7-33-6-4-23-21(32)37-17-16(29)14(10-26)36-18(17)25-5-3-15(22)24-20(25)31/h3,5,13-14,16-18,26,29H,4,6-10H2,1-2H3,(H,23,32)(H2,22,24,31)/t13?,14-,16-,17-,18-/m1/s1. The van der Waals surface area contributed by atoms with Crippen molar-refractivity contribution in [2.45, 2.75) is 50.9 Å². The number of anilines is 1. The number of aliphatic hydroxyl groups is 2. The Morgan fingerprint density at radius 3 is 2.59 bits per heavy atom. The number of carbonyl (C=O) groups excluding carboxylic acids is 4. The molecule has 0 radical (unpaired) electrons. The van der Waals surface area contributed by atoms with Gasteiger partial charge in [-0.3, -0.25) is 14.2 Å². The summed E-state index contributed by atoms with van der Waals surface area (Å²) < 4.78 is 26.6. The molecule has 5 N–H and O–H groups in total. The summed E-state index contributed by atoms with van der Waals surface area (Å²) in [5, 5.41) is 22.2. The summed E-state index contributed by atoms with van der Waals surface area (Å²) in [5.74, 6) is -2.19. The van der Waals surface area contributed by atoms with Crippen LogP contribution in [0.4, 0.5) is 10.6 Å². The monoisotopic (exact) mass is 530 g/mol. The van der Waals surface area contributed by atoms with Crippen LogP contribution in [0.3, 0.4) is 0 Å². The zero-order valence-corrected chi connectivity index (χ0v) is 20.2. The van der Waals surface area contributed by atoms with Crippen LogP contribution in [0.1, 0.15) is 26.5 Å². The van der Waals surface area contributed by atoms with Crippen LogP contribution in [0, 0.1) is 0 Å². The first kappa shape index (κ1) is 29.8. The Hall–Kier alpha value is -3.44. The lowest BCUT2D eigenvalue weighted by Gasteiger charge is -2.22. The molecule has 1 amide bonds. The minimum absolute atomic E-state index is 0.00147. The molecule has 2 heterocycles. The third kappa shape index (κ3) is 9.18. The number of nitrogens with zero attached hydrogens (tertiary/aromatic N) is 2. The number of alkyl carbamates (subject to hydrolysis) is 1. The smallest absolute Gasteiger partial charge is 0.407 e. The molecule has 37 heavy (non-hydrogen) atoms. The van der Waals surface area contributed by atoms with Gasteiger partial charge in [-0.05, 0) is 13.0 Å². The van der Waals surface area contributed by atoms with Gasteiger partial charge < -0.3 is 44.9 Å². The quantitative estimate of drug-likeness (QED) is 0.119. The number of ether oxygens (including phenoxy) is 5. The molecule has 2 rings (SSSR count). The molecule has 0 spiro atoms. The van der Waals surface area contributed by atoms with E-state index in [4.69, 9.17) is 24.7 Å². The maximum absolute atomic E-state index is 12.2. The fraction of sp³-hybridized carbons (Fsp3) is 0.619. The van der Waals surface area contributed by atoms with Crippen molar-refractivity contribution in [3.05, 3.63) is 22.7 Å². The van der Waals surface area contributed by atoms with Gasteiger partial charge in [-0.15, -0.1) is 0 Å². The molecule has 0 aromatic carbocycles. The second kappa shape index (κ2) is 14.3. The van der Waals surface area contributed by atoms with Gasteiger partial charge in [0.15, 0.2) is 18.4 Å². The highest BCUT2D eigenvalue weighted by atomic mass is 16.6. The second-order valence-corrected chi connectivity index (χ2v) is 7.87. The fourth-order valence-electron chi connectivity index (χ4n) is 3.26. The van der Waals surface area contributed by atoms with Gasteiger partial charge in [0.1, 0.15) is 23.8 Å². The number of rotatable bonds is 13. The van der Waals surface area contributed by atoms with Crippen molar-refractivity contribution in [2.75, 3.05) is 38.7 Å². The van der Waals surface area contributed by atoms with E-state index in [0.29, 0.717) is 0 Å². The average Bonchev–Trinajstić information content (AvgIpc) is 3.11. The van der Waals surface area contributed by atoms with E-state index >= 15 is 0 Å². The van der Waals surface area contributed by atoms with Crippen molar-refractivity contribution in [2.24, 2.45) is 0 Å². The number of carbonyl (C=O) groups is 4. The molecule has 1 aromatic heterocycles. The van der Waals surface area contributed by atoms with Gasteiger partial charge in [0.05, 0.1) is 26.4 Å². The maximum atomic E-state index is 12.2. The lowest BCUT2D eigenvalue weighted by atomic mass is 10.1. The van der Waals surface area contributed by atoms with Gasteiger partial charge >= 0.3 is 23.7 Å². The summed E-state index contributed by atoms with van der Waals surface area (Å²) >= 11 is 0. The van der Waals surface area contributed by atoms with Gasteiger partial charge in [0.25, 0.3) is 0 Å². The summed E-state index contributed by atoms with van der Waals surface area (Å²) in [5.41, 5.74) is 4.66. The predicted molar refractivity (Wildman–Crippen MR) is 121 cm³/mol. The largest absolute Gasteiger partial charge is 0.439 e. The Bertz CT molecular complexity index is 1020. The topological polar surface area (TPSA) is 228 Å². The second-order valence-electron chi connectivity index (χ2n) is 7.87. The van der Waals surface area contributed by atoms with Gasteiger partial charge in [0, 0.05) is 26.1 Å². The molecule has 0 bridgehead atoms. The molecule has 16 nitrogen and oxygen atoms in total. The number of aromatic nitrogens is 2. The zero-order chi connectivity index (χ0) is 27.5. The van der Waals surface area contributed by atoms with Crippen LogP contribution in [0.5, 0.6) is 0 Å². The molecular formula is C21H30N4O12. The van der Waals surface area contributed by atoms with Crippen LogP contribution < -0.4 is 16.7 Å². The lowest BCUT2D eigenvalue weighted by molar-refractivity contribution is -0.168. The molecule has 1 aliphatic heterocycles. The number of hydrogen-bond acceptors (Lipinski definition) is 14. The Labute approximate surface area is 210 Å². The molecule has 0 saturated carbocycles. The highest BCUT2D eigenvalue weighted by Gasteiger charge is 2.47. The highest BCUT2D eigenvalue weighted by Crippen LogP contribution is 2.30. The number of nitrogens with one attached hydrogen (secondary N) is 1. The molecule has 5 atom stereocenters. The van der Waals surface area contributed by atoms with E-state index < -0.39 is 61.0 Å². The molecule has 1 unspecified atom stereocenters. The first-order valence-electron chi connectivity index (χ1n) is 11.2. The zero-order valence-electron chi connectivity index (χ0n) is 20.2. The summed E-state index contributed by atoms with van der Waals surface area (Å²) in [6, 6.07) is 1.32. The first-order valence-corrected chi connectivity index (χ1v) is 11.2. The van der Waals surface area contributed by atoms with Gasteiger partial charge in [0.2, 0.25) is 0 Å². The number of nitrogen functional groups attached to an aromatic ring is 1. The van der Waals surface area contributed by atoms with Crippen LogP contribution in [0.2, 0.25) is 0 Å². The minimum Gasteiger partial charge on any atom is -0.439 e. The van der Waals surface area contributed by atoms with Gasteiger partial charge in [-0.25, -0.2) is 14.4 Å². The average molecular weight is 530 g/mol. The van der Waals surface area contributed by atoms with Crippen molar-refractivity contribution in [3.8, 4) is 0 Å². The van der Waals surface area contributed by atoms with Gasteiger partial charge in [-0.2, -0.15) is 4.98 Å². The third-order valence-electron chi connectivity index (χ3n) is 4.90. The van der Waals surface area contributed by atoms with Crippen LogP contribution in [0.15, 0.2) is 17.1 Å². The number of aliphatic hydroxyl groups excluding tert-OH is 2. The number of nitrogens with two attached hydrogens (primary N) is 1. The number of esters is 2. The minimum atomic E-state index is -1.43. The summed E-state index contributed by atoms with van der Waals surface area (Å²) in [4.78, 5) is 61.9. The number of Topliss-reactive ketones (excluding diaryl/α,β-unsaturated/α-hetero) is 1. The van der Waals surface area contributed by atoms with Crippen LogP contribution in [-0.4, -0.2) is 101 Å². The number of ketones is 1. The van der Waals surface area contributed by atoms with E-state index in [1.165, 1.54) is 19.2 Å². The molecule has 1 fully saturated rings. The fourth-order valence-corrected chi connectivity index (χ4v) is 3.26. The van der Waals surface area contributed by atoms with Gasteiger partial charge in [-0.1, -0.05) is 0 Å². The van der Waals surface area contributed by atoms with Crippen LogP contribution >= 0.6 is 0 Å². The van der Waals surface area contributed by atoms with Crippen molar-refractivity contribution in [1.29, 1.82) is 0 Å². The first-order chi connectivity index (χ1) is 17.5. The lowest BCUT2D eigenvalue weighted by Crippen LogP contribution is -2.42. The van der Waals surface area contributed by atoms with Crippen LogP contribution in [-0.2, 0) is 38.1 Å². The Morgan fingerprint density at radius 2 is 1.97 bits per heavy atom. The third-order valence-corrected chi connectivity index (χ3v) is 4.90. The summed E-state index contributed by atoms with van der Waals surface area (Å²) in [7, 11) is 0. The molecule has 1 aliphatic rings. The maximum Gasteiger partial charge on any atom is 0.407 e.